The Kier molecular flexibility index (Phi) is 3.89. The van der Waals surface area contributed by atoms with Gasteiger partial charge in [-0.2, -0.15) is 5.10 Å². The van der Waals surface area contributed by atoms with Crippen LogP contribution in [0.2, 0.25) is 0 Å². The van der Waals surface area contributed by atoms with Gasteiger partial charge in [0.15, 0.2) is 9.84 Å². The minimum absolute atomic E-state index is 0.0934. The SMILES string of the molecule is CCn1nccc1C(=O)Nc1ccccc1S(C)(=O)=O. The van der Waals surface area contributed by atoms with Crippen molar-refractivity contribution in [3.8, 4) is 0 Å². The van der Waals surface area contributed by atoms with E-state index in [2.05, 4.69) is 10.4 Å². The Morgan fingerprint density at radius 2 is 2.00 bits per heavy atom. The van der Waals surface area contributed by atoms with Crippen molar-refractivity contribution in [3.05, 3.63) is 42.2 Å². The Balaban J connectivity index is 2.34. The van der Waals surface area contributed by atoms with E-state index in [1.807, 2.05) is 6.92 Å². The number of para-hydroxylation sites is 1. The van der Waals surface area contributed by atoms with Gasteiger partial charge in [0.1, 0.15) is 5.69 Å². The number of hydrogen-bond acceptors (Lipinski definition) is 4. The molecule has 1 amide bonds. The Bertz CT molecular complexity index is 735. The average molecular weight is 293 g/mol. The molecule has 1 aromatic carbocycles. The molecule has 2 rings (SSSR count). The molecule has 20 heavy (non-hydrogen) atoms. The van der Waals surface area contributed by atoms with Crippen molar-refractivity contribution < 1.29 is 13.2 Å². The molecule has 0 unspecified atom stereocenters. The quantitative estimate of drug-likeness (QED) is 0.927. The number of nitrogens with one attached hydrogen (secondary N) is 1. The van der Waals surface area contributed by atoms with Gasteiger partial charge in [0.05, 0.1) is 10.6 Å². The predicted molar refractivity (Wildman–Crippen MR) is 75.4 cm³/mol. The number of sulfone groups is 1. The minimum atomic E-state index is -3.40. The first-order valence-corrected chi connectivity index (χ1v) is 7.95. The standard InChI is InChI=1S/C13H15N3O3S/c1-3-16-11(8-9-14-16)13(17)15-10-6-4-5-7-12(10)20(2,18)19/h4-9H,3H2,1-2H3,(H,15,17). The number of carbonyl (C=O) groups is 1. The molecule has 0 radical (unpaired) electrons. The molecule has 1 N–H and O–H groups in total. The fourth-order valence-corrected chi connectivity index (χ4v) is 2.70. The first-order chi connectivity index (χ1) is 9.43. The van der Waals surface area contributed by atoms with E-state index in [0.29, 0.717) is 12.2 Å². The molecule has 106 valence electrons. The number of nitrogens with zero attached hydrogens (tertiary/aromatic N) is 2. The summed E-state index contributed by atoms with van der Waals surface area (Å²) in [5.74, 6) is -0.388. The number of carbonyl (C=O) groups excluding carboxylic acids is 1. The first kappa shape index (κ1) is 14.3. The molecule has 0 saturated heterocycles. The highest BCUT2D eigenvalue weighted by molar-refractivity contribution is 7.90. The molecule has 0 spiro atoms. The van der Waals surface area contributed by atoms with E-state index in [9.17, 15) is 13.2 Å². The minimum Gasteiger partial charge on any atom is -0.319 e. The Hall–Kier alpha value is -2.15. The van der Waals surface area contributed by atoms with Gasteiger partial charge < -0.3 is 5.32 Å². The van der Waals surface area contributed by atoms with Gasteiger partial charge in [-0.1, -0.05) is 12.1 Å². The van der Waals surface area contributed by atoms with Crippen LogP contribution >= 0.6 is 0 Å². The second kappa shape index (κ2) is 5.46. The summed E-state index contributed by atoms with van der Waals surface area (Å²) in [5, 5.41) is 6.62. The number of benzene rings is 1. The lowest BCUT2D eigenvalue weighted by Crippen LogP contribution is -2.18. The highest BCUT2D eigenvalue weighted by atomic mass is 32.2. The topological polar surface area (TPSA) is 81.1 Å². The van der Waals surface area contributed by atoms with Crippen molar-refractivity contribution in [2.24, 2.45) is 0 Å². The van der Waals surface area contributed by atoms with Crippen LogP contribution < -0.4 is 5.32 Å². The maximum Gasteiger partial charge on any atom is 0.273 e. The monoisotopic (exact) mass is 293 g/mol. The number of amides is 1. The maximum absolute atomic E-state index is 12.2. The van der Waals surface area contributed by atoms with Crippen LogP contribution in [0.25, 0.3) is 0 Å². The highest BCUT2D eigenvalue weighted by Gasteiger charge is 2.17. The van der Waals surface area contributed by atoms with Gasteiger partial charge in [-0.05, 0) is 25.1 Å². The number of hydrogen-bond donors (Lipinski definition) is 1. The van der Waals surface area contributed by atoms with E-state index in [4.69, 9.17) is 0 Å². The van der Waals surface area contributed by atoms with E-state index >= 15 is 0 Å². The van der Waals surface area contributed by atoms with Crippen LogP contribution in [0.1, 0.15) is 17.4 Å². The summed E-state index contributed by atoms with van der Waals surface area (Å²) in [7, 11) is -3.40. The van der Waals surface area contributed by atoms with Crippen molar-refractivity contribution in [2.75, 3.05) is 11.6 Å². The van der Waals surface area contributed by atoms with E-state index in [1.54, 1.807) is 28.9 Å². The normalized spacial score (nSPS) is 11.3. The van der Waals surface area contributed by atoms with Gasteiger partial charge in [0.2, 0.25) is 0 Å². The van der Waals surface area contributed by atoms with Crippen LogP contribution in [0.4, 0.5) is 5.69 Å². The van der Waals surface area contributed by atoms with Gasteiger partial charge in [0, 0.05) is 19.0 Å². The molecule has 0 atom stereocenters. The molecule has 0 fully saturated rings. The maximum atomic E-state index is 12.2. The first-order valence-electron chi connectivity index (χ1n) is 6.05. The zero-order valence-corrected chi connectivity index (χ0v) is 12.0. The molecule has 0 aliphatic heterocycles. The number of rotatable bonds is 4. The molecular formula is C13H15N3O3S. The molecule has 7 heteroatoms. The molecule has 6 nitrogen and oxygen atoms in total. The summed E-state index contributed by atoms with van der Waals surface area (Å²) < 4.78 is 24.9. The Labute approximate surface area is 117 Å². The second-order valence-electron chi connectivity index (χ2n) is 4.25. The molecular weight excluding hydrogens is 278 g/mol. The third-order valence-corrected chi connectivity index (χ3v) is 3.94. The van der Waals surface area contributed by atoms with Gasteiger partial charge >= 0.3 is 0 Å². The van der Waals surface area contributed by atoms with E-state index in [0.717, 1.165) is 6.26 Å². The van der Waals surface area contributed by atoms with Gasteiger partial charge in [-0.25, -0.2) is 8.42 Å². The highest BCUT2D eigenvalue weighted by Crippen LogP contribution is 2.21. The van der Waals surface area contributed by atoms with Gasteiger partial charge in [-0.3, -0.25) is 9.48 Å². The summed E-state index contributed by atoms with van der Waals surface area (Å²) in [4.78, 5) is 12.3. The summed E-state index contributed by atoms with van der Waals surface area (Å²) in [6, 6.07) is 7.88. The van der Waals surface area contributed by atoms with Crippen molar-refractivity contribution >= 4 is 21.4 Å². The number of aryl methyl sites for hydroxylation is 1. The molecule has 0 bridgehead atoms. The zero-order chi connectivity index (χ0) is 14.8. The molecule has 1 heterocycles. The van der Waals surface area contributed by atoms with Crippen molar-refractivity contribution in [2.45, 2.75) is 18.4 Å². The molecule has 2 aromatic rings. The lowest BCUT2D eigenvalue weighted by Gasteiger charge is -2.10. The lowest BCUT2D eigenvalue weighted by molar-refractivity contribution is 0.101. The summed E-state index contributed by atoms with van der Waals surface area (Å²) >= 11 is 0. The fourth-order valence-electron chi connectivity index (χ4n) is 1.86. The summed E-state index contributed by atoms with van der Waals surface area (Å²) in [6.45, 7) is 2.43. The largest absolute Gasteiger partial charge is 0.319 e. The summed E-state index contributed by atoms with van der Waals surface area (Å²) in [5.41, 5.74) is 0.652. The van der Waals surface area contributed by atoms with Gasteiger partial charge in [0.25, 0.3) is 5.91 Å². The lowest BCUT2D eigenvalue weighted by atomic mass is 10.3. The number of aromatic nitrogens is 2. The molecule has 0 saturated carbocycles. The van der Waals surface area contributed by atoms with Crippen molar-refractivity contribution in [1.29, 1.82) is 0 Å². The second-order valence-corrected chi connectivity index (χ2v) is 6.24. The third-order valence-electron chi connectivity index (χ3n) is 2.78. The van der Waals surface area contributed by atoms with Crippen molar-refractivity contribution in [1.82, 2.24) is 9.78 Å². The zero-order valence-electron chi connectivity index (χ0n) is 11.2. The van der Waals surface area contributed by atoms with Crippen LogP contribution in [-0.2, 0) is 16.4 Å². The van der Waals surface area contributed by atoms with Gasteiger partial charge in [-0.15, -0.1) is 0 Å². The van der Waals surface area contributed by atoms with E-state index < -0.39 is 9.84 Å². The Morgan fingerprint density at radius 3 is 2.65 bits per heavy atom. The Morgan fingerprint density at radius 1 is 1.30 bits per heavy atom. The third kappa shape index (κ3) is 2.88. The van der Waals surface area contributed by atoms with Crippen LogP contribution in [0.15, 0.2) is 41.4 Å². The molecule has 0 aliphatic carbocycles. The predicted octanol–water partition coefficient (Wildman–Crippen LogP) is 1.56. The van der Waals surface area contributed by atoms with Crippen LogP contribution in [0.3, 0.4) is 0 Å². The number of anilines is 1. The fraction of sp³-hybridized carbons (Fsp3) is 0.231. The van der Waals surface area contributed by atoms with Crippen molar-refractivity contribution in [3.63, 3.8) is 0 Å². The average Bonchev–Trinajstić information content (AvgIpc) is 2.86. The van der Waals surface area contributed by atoms with Crippen LogP contribution in [0.5, 0.6) is 0 Å². The van der Waals surface area contributed by atoms with E-state index in [1.165, 1.54) is 12.3 Å². The molecule has 1 aromatic heterocycles. The van der Waals surface area contributed by atoms with Crippen LogP contribution in [0, 0.1) is 0 Å². The molecule has 0 aliphatic rings. The smallest absolute Gasteiger partial charge is 0.273 e. The van der Waals surface area contributed by atoms with E-state index in [-0.39, 0.29) is 16.5 Å². The van der Waals surface area contributed by atoms with Crippen LogP contribution in [-0.4, -0.2) is 30.4 Å². The summed E-state index contributed by atoms with van der Waals surface area (Å²) in [6.07, 6.45) is 2.63.